The van der Waals surface area contributed by atoms with E-state index in [1.54, 1.807) is 0 Å². The third kappa shape index (κ3) is 14.2. The Labute approximate surface area is 158 Å². The van der Waals surface area contributed by atoms with Gasteiger partial charge in [-0.2, -0.15) is 0 Å². The number of nitrogens with one attached hydrogen (secondary N) is 2. The van der Waals surface area contributed by atoms with Gasteiger partial charge in [0.1, 0.15) is 6.29 Å². The second-order valence-corrected chi connectivity index (χ2v) is 5.82. The van der Waals surface area contributed by atoms with Gasteiger partial charge in [0, 0.05) is 37.0 Å². The zero-order valence-electron chi connectivity index (χ0n) is 17.0. The van der Waals surface area contributed by atoms with Gasteiger partial charge in [-0.25, -0.2) is 0 Å². The molecule has 0 atom stereocenters. The highest BCUT2D eigenvalue weighted by Crippen LogP contribution is 2.15. The summed E-state index contributed by atoms with van der Waals surface area (Å²) < 4.78 is 0. The minimum absolute atomic E-state index is 0.0768. The number of nitrogens with zero attached hydrogens (tertiary/aromatic N) is 1. The fourth-order valence-corrected chi connectivity index (χ4v) is 1.72. The SMILES string of the molecule is C=Cc1[nH]cc(C)c1/C=C\C.CCCC=O.CN(C)CCNC(=O)CN. The molecule has 1 rings (SSSR count). The third-order valence-corrected chi connectivity index (χ3v) is 3.17. The molecule has 4 N–H and O–H groups in total. The van der Waals surface area contributed by atoms with E-state index in [0.29, 0.717) is 13.0 Å². The van der Waals surface area contributed by atoms with Crippen LogP contribution in [-0.2, 0) is 9.59 Å². The van der Waals surface area contributed by atoms with Crippen molar-refractivity contribution in [1.29, 1.82) is 0 Å². The predicted molar refractivity (Wildman–Crippen MR) is 112 cm³/mol. The number of aromatic amines is 1. The Morgan fingerprint density at radius 1 is 1.42 bits per heavy atom. The second-order valence-electron chi connectivity index (χ2n) is 5.82. The zero-order chi connectivity index (χ0) is 20.4. The minimum Gasteiger partial charge on any atom is -0.361 e. The molecule has 0 saturated heterocycles. The Bertz CT molecular complexity index is 534. The highest BCUT2D eigenvalue weighted by Gasteiger charge is 1.99. The summed E-state index contributed by atoms with van der Waals surface area (Å²) in [5.41, 5.74) is 8.66. The summed E-state index contributed by atoms with van der Waals surface area (Å²) in [6.45, 7) is 11.4. The summed E-state index contributed by atoms with van der Waals surface area (Å²) in [4.78, 5) is 25.1. The lowest BCUT2D eigenvalue weighted by atomic mass is 10.1. The number of carbonyl (C=O) groups is 2. The number of aryl methyl sites for hydroxylation is 1. The summed E-state index contributed by atoms with van der Waals surface area (Å²) in [7, 11) is 3.91. The number of amides is 1. The van der Waals surface area contributed by atoms with E-state index < -0.39 is 0 Å². The first kappa shape index (κ1) is 26.1. The predicted octanol–water partition coefficient (Wildman–Crippen LogP) is 2.61. The molecule has 0 spiro atoms. The van der Waals surface area contributed by atoms with Crippen molar-refractivity contribution in [1.82, 2.24) is 15.2 Å². The molecular formula is C20H36N4O2. The maximum atomic E-state index is 10.5. The number of H-pyrrole nitrogens is 1. The fraction of sp³-hybridized carbons (Fsp3) is 0.500. The van der Waals surface area contributed by atoms with Crippen molar-refractivity contribution in [3.05, 3.63) is 35.7 Å². The molecule has 0 aliphatic carbocycles. The van der Waals surface area contributed by atoms with E-state index in [0.717, 1.165) is 24.9 Å². The molecule has 1 aromatic heterocycles. The number of unbranched alkanes of at least 4 members (excludes halogenated alkanes) is 1. The third-order valence-electron chi connectivity index (χ3n) is 3.17. The van der Waals surface area contributed by atoms with Crippen molar-refractivity contribution in [3.8, 4) is 0 Å². The van der Waals surface area contributed by atoms with E-state index in [4.69, 9.17) is 5.73 Å². The number of likely N-dealkylation sites (N-methyl/N-ethyl adjacent to an activating group) is 1. The molecule has 1 amide bonds. The zero-order valence-corrected chi connectivity index (χ0v) is 17.0. The van der Waals surface area contributed by atoms with Gasteiger partial charge in [-0.3, -0.25) is 4.79 Å². The van der Waals surface area contributed by atoms with Crippen LogP contribution < -0.4 is 11.1 Å². The highest BCUT2D eigenvalue weighted by molar-refractivity contribution is 5.77. The number of allylic oxidation sites excluding steroid dienone is 1. The van der Waals surface area contributed by atoms with Crippen LogP contribution in [-0.4, -0.2) is 55.8 Å². The van der Waals surface area contributed by atoms with E-state index >= 15 is 0 Å². The van der Waals surface area contributed by atoms with Crippen LogP contribution >= 0.6 is 0 Å². The minimum atomic E-state index is -0.0955. The largest absolute Gasteiger partial charge is 0.361 e. The molecule has 1 heterocycles. The average Bonchev–Trinajstić information content (AvgIpc) is 2.97. The first-order valence-electron chi connectivity index (χ1n) is 8.85. The molecule has 26 heavy (non-hydrogen) atoms. The Morgan fingerprint density at radius 3 is 2.46 bits per heavy atom. The summed E-state index contributed by atoms with van der Waals surface area (Å²) in [5, 5.41) is 2.66. The number of carbonyl (C=O) groups excluding carboxylic acids is 2. The smallest absolute Gasteiger partial charge is 0.233 e. The quantitative estimate of drug-likeness (QED) is 0.618. The Balaban J connectivity index is 0. The Kier molecular flexibility index (Phi) is 17.7. The number of nitrogens with two attached hydrogens (primary N) is 1. The number of aromatic nitrogens is 1. The molecule has 0 aliphatic rings. The first-order valence-corrected chi connectivity index (χ1v) is 8.85. The first-order chi connectivity index (χ1) is 12.4. The molecule has 6 heteroatoms. The maximum Gasteiger partial charge on any atom is 0.233 e. The molecule has 0 aromatic carbocycles. The average molecular weight is 365 g/mol. The topological polar surface area (TPSA) is 91.2 Å². The molecule has 0 unspecified atom stereocenters. The van der Waals surface area contributed by atoms with Crippen LogP contribution in [0.5, 0.6) is 0 Å². The molecule has 6 nitrogen and oxygen atoms in total. The van der Waals surface area contributed by atoms with Crippen LogP contribution in [0.2, 0.25) is 0 Å². The number of aldehydes is 1. The molecule has 0 saturated carbocycles. The van der Waals surface area contributed by atoms with Crippen LogP contribution in [0.3, 0.4) is 0 Å². The van der Waals surface area contributed by atoms with Gasteiger partial charge in [0.05, 0.1) is 6.54 Å². The van der Waals surface area contributed by atoms with Gasteiger partial charge in [0.2, 0.25) is 5.91 Å². The van der Waals surface area contributed by atoms with E-state index in [2.05, 4.69) is 29.9 Å². The van der Waals surface area contributed by atoms with Gasteiger partial charge < -0.3 is 25.7 Å². The maximum absolute atomic E-state index is 10.5. The van der Waals surface area contributed by atoms with E-state index in [1.807, 2.05) is 51.2 Å². The molecular weight excluding hydrogens is 328 g/mol. The van der Waals surface area contributed by atoms with Gasteiger partial charge in [0.25, 0.3) is 0 Å². The van der Waals surface area contributed by atoms with Gasteiger partial charge in [-0.1, -0.05) is 25.7 Å². The van der Waals surface area contributed by atoms with E-state index in [9.17, 15) is 9.59 Å². The van der Waals surface area contributed by atoms with Crippen molar-refractivity contribution in [2.24, 2.45) is 5.73 Å². The molecule has 1 aromatic rings. The van der Waals surface area contributed by atoms with Crippen molar-refractivity contribution in [3.63, 3.8) is 0 Å². The summed E-state index contributed by atoms with van der Waals surface area (Å²) in [6, 6.07) is 0. The van der Waals surface area contributed by atoms with Gasteiger partial charge in [-0.15, -0.1) is 0 Å². The number of hydrogen-bond acceptors (Lipinski definition) is 4. The Morgan fingerprint density at radius 2 is 2.08 bits per heavy atom. The second kappa shape index (κ2) is 17.6. The van der Waals surface area contributed by atoms with Crippen molar-refractivity contribution in [2.75, 3.05) is 33.7 Å². The van der Waals surface area contributed by atoms with Crippen LogP contribution in [0, 0.1) is 6.92 Å². The van der Waals surface area contributed by atoms with E-state index in [-0.39, 0.29) is 12.5 Å². The number of rotatable bonds is 8. The molecule has 0 radical (unpaired) electrons. The van der Waals surface area contributed by atoms with Crippen LogP contribution in [0.1, 0.15) is 43.5 Å². The number of hydrogen-bond donors (Lipinski definition) is 3. The lowest BCUT2D eigenvalue weighted by Gasteiger charge is -2.09. The Hall–Kier alpha value is -2.18. The van der Waals surface area contributed by atoms with Crippen molar-refractivity contribution in [2.45, 2.75) is 33.6 Å². The van der Waals surface area contributed by atoms with Gasteiger partial charge in [-0.05, 0) is 46.0 Å². The van der Waals surface area contributed by atoms with Crippen molar-refractivity contribution >= 4 is 24.3 Å². The molecule has 0 bridgehead atoms. The highest BCUT2D eigenvalue weighted by atomic mass is 16.1. The van der Waals surface area contributed by atoms with Crippen LogP contribution in [0.15, 0.2) is 18.9 Å². The van der Waals surface area contributed by atoms with Gasteiger partial charge >= 0.3 is 0 Å². The summed E-state index contributed by atoms with van der Waals surface area (Å²) in [6.07, 6.45) is 10.6. The standard InChI is InChI=1S/C10H13N.C6H15N3O.C4H8O/c1-4-6-9-8(3)7-11-10(9)5-2;1-9(2)4-3-8-6(10)5-7;1-2-3-4-5/h4-7,11H,2H2,1,3H3;3-5,7H2,1-2H3,(H,8,10);4H,2-3H2,1H3/b6-4-;;. The molecule has 148 valence electrons. The van der Waals surface area contributed by atoms with Gasteiger partial charge in [0.15, 0.2) is 0 Å². The van der Waals surface area contributed by atoms with E-state index in [1.165, 1.54) is 11.1 Å². The van der Waals surface area contributed by atoms with Crippen molar-refractivity contribution < 1.29 is 9.59 Å². The molecule has 0 fully saturated rings. The fourth-order valence-electron chi connectivity index (χ4n) is 1.72. The summed E-state index contributed by atoms with van der Waals surface area (Å²) in [5.74, 6) is -0.0955. The van der Waals surface area contributed by atoms with Crippen LogP contribution in [0.25, 0.3) is 12.2 Å². The lowest BCUT2D eigenvalue weighted by Crippen LogP contribution is -2.35. The lowest BCUT2D eigenvalue weighted by molar-refractivity contribution is -0.119. The van der Waals surface area contributed by atoms with Crippen LogP contribution in [0.4, 0.5) is 0 Å². The normalized spacial score (nSPS) is 9.81. The summed E-state index contributed by atoms with van der Waals surface area (Å²) >= 11 is 0. The molecule has 0 aliphatic heterocycles. The monoisotopic (exact) mass is 364 g/mol.